The van der Waals surface area contributed by atoms with Gasteiger partial charge in [0.25, 0.3) is 0 Å². The lowest BCUT2D eigenvalue weighted by Crippen LogP contribution is -2.09. The fourth-order valence-electron chi connectivity index (χ4n) is 7.51. The molecule has 0 aliphatic carbocycles. The van der Waals surface area contributed by atoms with Crippen LogP contribution in [-0.2, 0) is 0 Å². The van der Waals surface area contributed by atoms with E-state index in [1.165, 1.54) is 65.4 Å². The summed E-state index contributed by atoms with van der Waals surface area (Å²) < 4.78 is 5.01. The summed E-state index contributed by atoms with van der Waals surface area (Å²) in [4.78, 5) is 2.35. The van der Waals surface area contributed by atoms with Gasteiger partial charge in [-0.05, 0) is 65.4 Å². The van der Waals surface area contributed by atoms with Gasteiger partial charge in [0.05, 0.1) is 33.1 Å². The van der Waals surface area contributed by atoms with E-state index in [1.807, 2.05) is 0 Å². The fourth-order valence-corrected chi connectivity index (χ4v) is 7.51. The summed E-state index contributed by atoms with van der Waals surface area (Å²) in [5, 5.41) is 7.81. The Labute approximate surface area is 247 Å². The van der Waals surface area contributed by atoms with Gasteiger partial charge in [-0.15, -0.1) is 0 Å². The molecule has 10 aromatic rings. The first-order chi connectivity index (χ1) is 21.4. The largest absolute Gasteiger partial charge is 0.310 e. The first-order valence-corrected chi connectivity index (χ1v) is 14.8. The first-order valence-electron chi connectivity index (χ1n) is 14.8. The molecule has 3 heterocycles. The minimum absolute atomic E-state index is 1.13. The van der Waals surface area contributed by atoms with Crippen molar-refractivity contribution >= 4 is 82.5 Å². The second kappa shape index (κ2) is 8.37. The molecule has 0 unspecified atom stereocenters. The summed E-state index contributed by atoms with van der Waals surface area (Å²) in [6, 6.07) is 55.0. The molecule has 3 nitrogen and oxygen atoms in total. The summed E-state index contributed by atoms with van der Waals surface area (Å²) in [5.74, 6) is 0. The maximum atomic E-state index is 2.52. The van der Waals surface area contributed by atoms with E-state index in [0.717, 1.165) is 17.1 Å². The van der Waals surface area contributed by atoms with Gasteiger partial charge in [-0.2, -0.15) is 0 Å². The quantitative estimate of drug-likeness (QED) is 0.200. The lowest BCUT2D eigenvalue weighted by molar-refractivity contribution is 1.25. The van der Waals surface area contributed by atoms with Gasteiger partial charge in [0.2, 0.25) is 0 Å². The zero-order chi connectivity index (χ0) is 28.1. The van der Waals surface area contributed by atoms with Gasteiger partial charge in [0.1, 0.15) is 0 Å². The average molecular weight is 548 g/mol. The van der Waals surface area contributed by atoms with E-state index in [-0.39, 0.29) is 0 Å². The third-order valence-electron chi connectivity index (χ3n) is 9.17. The predicted molar refractivity (Wildman–Crippen MR) is 182 cm³/mol. The van der Waals surface area contributed by atoms with Crippen molar-refractivity contribution in [3.63, 3.8) is 0 Å². The molecule has 43 heavy (non-hydrogen) atoms. The SMILES string of the molecule is c1ccc(N(c2ccccc2)c2ccc3c4c5ccccc5c5c6ccccc6n6c7ccccc7n(c3c2)c4c56)cc1. The molecule has 0 fully saturated rings. The van der Waals surface area contributed by atoms with E-state index < -0.39 is 0 Å². The fraction of sp³-hybridized carbons (Fsp3) is 0. The number of hydrogen-bond acceptors (Lipinski definition) is 1. The molecule has 0 amide bonds. The molecule has 3 aromatic heterocycles. The summed E-state index contributed by atoms with van der Waals surface area (Å²) in [6.45, 7) is 0. The van der Waals surface area contributed by atoms with E-state index in [2.05, 4.69) is 165 Å². The minimum atomic E-state index is 1.13. The molecule has 0 spiro atoms. The highest BCUT2D eigenvalue weighted by molar-refractivity contribution is 6.37. The predicted octanol–water partition coefficient (Wildman–Crippen LogP) is 10.9. The number of fused-ring (bicyclic) bond motifs is 12. The van der Waals surface area contributed by atoms with Crippen LogP contribution in [0.2, 0.25) is 0 Å². The highest BCUT2D eigenvalue weighted by Crippen LogP contribution is 2.47. The van der Waals surface area contributed by atoms with Crippen LogP contribution < -0.4 is 4.90 Å². The van der Waals surface area contributed by atoms with Crippen LogP contribution in [0, 0.1) is 0 Å². The van der Waals surface area contributed by atoms with E-state index in [0.29, 0.717) is 0 Å². The van der Waals surface area contributed by atoms with Crippen LogP contribution in [-0.4, -0.2) is 8.80 Å². The Balaban J connectivity index is 1.45. The molecule has 0 atom stereocenters. The molecular formula is C40H25N3. The van der Waals surface area contributed by atoms with Crippen LogP contribution in [0.1, 0.15) is 0 Å². The smallest absolute Gasteiger partial charge is 0.0796 e. The van der Waals surface area contributed by atoms with Gasteiger partial charge < -0.3 is 13.7 Å². The Bertz CT molecular complexity index is 2580. The van der Waals surface area contributed by atoms with Gasteiger partial charge >= 0.3 is 0 Å². The molecule has 3 heteroatoms. The van der Waals surface area contributed by atoms with Gasteiger partial charge in [-0.1, -0.05) is 97.1 Å². The van der Waals surface area contributed by atoms with Crippen LogP contribution in [0.3, 0.4) is 0 Å². The lowest BCUT2D eigenvalue weighted by atomic mass is 9.98. The van der Waals surface area contributed by atoms with Crippen LogP contribution in [0.4, 0.5) is 17.1 Å². The third kappa shape index (κ3) is 2.93. The van der Waals surface area contributed by atoms with Gasteiger partial charge in [-0.3, -0.25) is 0 Å². The summed E-state index contributed by atoms with van der Waals surface area (Å²) in [5.41, 5.74) is 10.8. The molecule has 200 valence electrons. The van der Waals surface area contributed by atoms with Crippen LogP contribution >= 0.6 is 0 Å². The lowest BCUT2D eigenvalue weighted by Gasteiger charge is -2.25. The second-order valence-electron chi connectivity index (χ2n) is 11.4. The van der Waals surface area contributed by atoms with Crippen molar-refractivity contribution in [3.8, 4) is 0 Å². The van der Waals surface area contributed by atoms with Crippen molar-refractivity contribution in [1.29, 1.82) is 0 Å². The number of para-hydroxylation sites is 5. The van der Waals surface area contributed by atoms with Crippen LogP contribution in [0.15, 0.2) is 152 Å². The molecule has 0 radical (unpaired) electrons. The molecule has 0 aliphatic rings. The molecule has 7 aromatic carbocycles. The Morgan fingerprint density at radius 3 is 1.35 bits per heavy atom. The molecule has 0 saturated carbocycles. The Morgan fingerprint density at radius 1 is 0.326 bits per heavy atom. The Kier molecular flexibility index (Phi) is 4.45. The monoisotopic (exact) mass is 547 g/mol. The second-order valence-corrected chi connectivity index (χ2v) is 11.4. The van der Waals surface area contributed by atoms with Crippen molar-refractivity contribution in [3.05, 3.63) is 152 Å². The van der Waals surface area contributed by atoms with E-state index in [4.69, 9.17) is 0 Å². The topological polar surface area (TPSA) is 12.1 Å². The number of benzene rings is 7. The first kappa shape index (κ1) is 22.8. The zero-order valence-electron chi connectivity index (χ0n) is 23.3. The van der Waals surface area contributed by atoms with Crippen LogP contribution in [0.25, 0.3) is 65.4 Å². The standard InChI is InChI=1S/C40H25N3/c1-3-13-26(14-4-1)41(27-15-5-2-6-16-27)28-23-24-32-36(25-28)43-35-22-12-11-21-34(35)42-33-20-10-9-19-31(33)37-29-17-7-8-18-30(29)38(32)40(43)39(37)42/h1-25H. The number of anilines is 3. The Hall–Kier alpha value is -5.80. The van der Waals surface area contributed by atoms with Crippen molar-refractivity contribution in [2.45, 2.75) is 0 Å². The molecule has 0 aliphatic heterocycles. The zero-order valence-corrected chi connectivity index (χ0v) is 23.3. The molecule has 0 saturated heterocycles. The highest BCUT2D eigenvalue weighted by Gasteiger charge is 2.25. The molecule has 0 bridgehead atoms. The summed E-state index contributed by atoms with van der Waals surface area (Å²) in [7, 11) is 0. The van der Waals surface area contributed by atoms with Crippen molar-refractivity contribution in [2.75, 3.05) is 4.90 Å². The Morgan fingerprint density at radius 2 is 0.767 bits per heavy atom. The van der Waals surface area contributed by atoms with Gasteiger partial charge in [0, 0.05) is 38.6 Å². The number of hydrogen-bond donors (Lipinski definition) is 0. The van der Waals surface area contributed by atoms with Crippen molar-refractivity contribution < 1.29 is 0 Å². The molecule has 0 N–H and O–H groups in total. The maximum Gasteiger partial charge on any atom is 0.0796 e. The summed E-state index contributed by atoms with van der Waals surface area (Å²) >= 11 is 0. The van der Waals surface area contributed by atoms with Crippen molar-refractivity contribution in [2.24, 2.45) is 0 Å². The van der Waals surface area contributed by atoms with E-state index in [1.54, 1.807) is 0 Å². The number of nitrogens with zero attached hydrogens (tertiary/aromatic N) is 3. The summed E-state index contributed by atoms with van der Waals surface area (Å²) in [6.07, 6.45) is 0. The molecular weight excluding hydrogens is 522 g/mol. The molecule has 10 rings (SSSR count). The highest BCUT2D eigenvalue weighted by atomic mass is 15.1. The number of aromatic nitrogens is 2. The van der Waals surface area contributed by atoms with Gasteiger partial charge in [-0.25, -0.2) is 0 Å². The minimum Gasteiger partial charge on any atom is -0.310 e. The van der Waals surface area contributed by atoms with Gasteiger partial charge in [0.15, 0.2) is 0 Å². The number of rotatable bonds is 3. The maximum absolute atomic E-state index is 2.52. The van der Waals surface area contributed by atoms with E-state index in [9.17, 15) is 0 Å². The van der Waals surface area contributed by atoms with Crippen LogP contribution in [0.5, 0.6) is 0 Å². The normalized spacial score (nSPS) is 12.2. The van der Waals surface area contributed by atoms with E-state index >= 15 is 0 Å². The third-order valence-corrected chi connectivity index (χ3v) is 9.17. The van der Waals surface area contributed by atoms with Crippen molar-refractivity contribution in [1.82, 2.24) is 8.80 Å². The average Bonchev–Trinajstić information content (AvgIpc) is 3.60.